The van der Waals surface area contributed by atoms with Crippen LogP contribution in [0.5, 0.6) is 0 Å². The molecule has 5 nitrogen and oxygen atoms in total. The Morgan fingerprint density at radius 2 is 1.92 bits per heavy atom. The number of hydrogen-bond acceptors (Lipinski definition) is 3. The predicted octanol–water partition coefficient (Wildman–Crippen LogP) is 3.18. The maximum Gasteiger partial charge on any atom is 0.242 e. The summed E-state index contributed by atoms with van der Waals surface area (Å²) >= 11 is 5.90. The summed E-state index contributed by atoms with van der Waals surface area (Å²) in [5.74, 6) is -0.281. The average molecular weight is 360 g/mol. The molecule has 0 fully saturated rings. The Labute approximate surface area is 153 Å². The number of pyridine rings is 1. The van der Waals surface area contributed by atoms with Crippen LogP contribution >= 0.6 is 11.6 Å². The summed E-state index contributed by atoms with van der Waals surface area (Å²) in [7, 11) is 0. The van der Waals surface area contributed by atoms with Gasteiger partial charge in [-0.3, -0.25) is 14.6 Å². The molecule has 0 radical (unpaired) electrons. The first kappa shape index (κ1) is 18.9. The zero-order valence-electron chi connectivity index (χ0n) is 14.4. The van der Waals surface area contributed by atoms with E-state index in [1.54, 1.807) is 37.1 Å². The number of benzene rings is 1. The number of nitrogens with zero attached hydrogens (tertiary/aromatic N) is 2. The molecule has 0 saturated heterocycles. The first-order valence-electron chi connectivity index (χ1n) is 8.22. The standard InChI is InChI=1S/C19H22ClN3O2/c1-3-18(24)23(13-15-7-9-16(20)10-8-15)14(2)19(25)22-12-17-6-4-5-11-21-17/h4-11,14H,3,12-13H2,1-2H3,(H,22,25). The molecule has 2 rings (SSSR count). The topological polar surface area (TPSA) is 62.3 Å². The van der Waals surface area contributed by atoms with Gasteiger partial charge in [0.2, 0.25) is 11.8 Å². The van der Waals surface area contributed by atoms with E-state index < -0.39 is 6.04 Å². The van der Waals surface area contributed by atoms with Gasteiger partial charge in [0, 0.05) is 24.2 Å². The van der Waals surface area contributed by atoms with Crippen LogP contribution in [0.15, 0.2) is 48.7 Å². The first-order valence-corrected chi connectivity index (χ1v) is 8.60. The molecule has 1 unspecified atom stereocenters. The van der Waals surface area contributed by atoms with Crippen LogP contribution in [0.3, 0.4) is 0 Å². The van der Waals surface area contributed by atoms with Crippen molar-refractivity contribution >= 4 is 23.4 Å². The molecule has 1 heterocycles. The Kier molecular flexibility index (Phi) is 6.95. The van der Waals surface area contributed by atoms with Crippen molar-refractivity contribution in [3.63, 3.8) is 0 Å². The largest absolute Gasteiger partial charge is 0.349 e. The van der Waals surface area contributed by atoms with Crippen molar-refractivity contribution in [2.24, 2.45) is 0 Å². The molecule has 1 aromatic carbocycles. The molecule has 0 aliphatic carbocycles. The highest BCUT2D eigenvalue weighted by atomic mass is 35.5. The van der Waals surface area contributed by atoms with Crippen molar-refractivity contribution in [3.8, 4) is 0 Å². The fourth-order valence-electron chi connectivity index (χ4n) is 2.40. The molecule has 6 heteroatoms. The number of aromatic nitrogens is 1. The highest BCUT2D eigenvalue weighted by molar-refractivity contribution is 6.30. The molecule has 1 N–H and O–H groups in total. The smallest absolute Gasteiger partial charge is 0.242 e. The van der Waals surface area contributed by atoms with Crippen LogP contribution in [-0.4, -0.2) is 27.7 Å². The molecule has 0 bridgehead atoms. The van der Waals surface area contributed by atoms with Gasteiger partial charge in [0.25, 0.3) is 0 Å². The number of carbonyl (C=O) groups excluding carboxylic acids is 2. The minimum atomic E-state index is -0.577. The lowest BCUT2D eigenvalue weighted by molar-refractivity contribution is -0.140. The Morgan fingerprint density at radius 1 is 1.20 bits per heavy atom. The quantitative estimate of drug-likeness (QED) is 0.825. The highest BCUT2D eigenvalue weighted by Gasteiger charge is 2.24. The summed E-state index contributed by atoms with van der Waals surface area (Å²) in [6, 6.07) is 12.2. The fraction of sp³-hybridized carbons (Fsp3) is 0.316. The van der Waals surface area contributed by atoms with E-state index in [9.17, 15) is 9.59 Å². The Hall–Kier alpha value is -2.40. The number of nitrogens with one attached hydrogen (secondary N) is 1. The van der Waals surface area contributed by atoms with Crippen LogP contribution in [0.2, 0.25) is 5.02 Å². The lowest BCUT2D eigenvalue weighted by atomic mass is 10.1. The molecular weight excluding hydrogens is 338 g/mol. The maximum atomic E-state index is 12.5. The molecule has 132 valence electrons. The third kappa shape index (κ3) is 5.57. The summed E-state index contributed by atoms with van der Waals surface area (Å²) < 4.78 is 0. The van der Waals surface area contributed by atoms with Gasteiger partial charge in [-0.15, -0.1) is 0 Å². The summed E-state index contributed by atoms with van der Waals surface area (Å²) in [6.45, 7) is 4.22. The van der Waals surface area contributed by atoms with Gasteiger partial charge in [0.05, 0.1) is 12.2 Å². The predicted molar refractivity (Wildman–Crippen MR) is 97.8 cm³/mol. The molecule has 1 aromatic heterocycles. The molecular formula is C19H22ClN3O2. The summed E-state index contributed by atoms with van der Waals surface area (Å²) in [4.78, 5) is 30.5. The van der Waals surface area contributed by atoms with E-state index in [-0.39, 0.29) is 11.8 Å². The van der Waals surface area contributed by atoms with Crippen LogP contribution in [0.4, 0.5) is 0 Å². The summed E-state index contributed by atoms with van der Waals surface area (Å²) in [5.41, 5.74) is 1.70. The van der Waals surface area contributed by atoms with Crippen molar-refractivity contribution < 1.29 is 9.59 Å². The minimum absolute atomic E-state index is 0.0737. The van der Waals surface area contributed by atoms with Gasteiger partial charge >= 0.3 is 0 Å². The SMILES string of the molecule is CCC(=O)N(Cc1ccc(Cl)cc1)C(C)C(=O)NCc1ccccn1. The first-order chi connectivity index (χ1) is 12.0. The number of carbonyl (C=O) groups is 2. The number of halogens is 1. The average Bonchev–Trinajstić information content (AvgIpc) is 2.65. The lowest BCUT2D eigenvalue weighted by Gasteiger charge is -2.28. The number of hydrogen-bond donors (Lipinski definition) is 1. The van der Waals surface area contributed by atoms with Crippen molar-refractivity contribution in [2.45, 2.75) is 39.4 Å². The number of amides is 2. The van der Waals surface area contributed by atoms with E-state index in [4.69, 9.17) is 11.6 Å². The highest BCUT2D eigenvalue weighted by Crippen LogP contribution is 2.14. The van der Waals surface area contributed by atoms with E-state index in [0.717, 1.165) is 11.3 Å². The van der Waals surface area contributed by atoms with Crippen LogP contribution in [-0.2, 0) is 22.7 Å². The number of rotatable bonds is 7. The van der Waals surface area contributed by atoms with Crippen molar-refractivity contribution in [1.29, 1.82) is 0 Å². The van der Waals surface area contributed by atoms with Gasteiger partial charge in [0.1, 0.15) is 6.04 Å². The van der Waals surface area contributed by atoms with Gasteiger partial charge < -0.3 is 10.2 Å². The summed E-state index contributed by atoms with van der Waals surface area (Å²) in [5, 5.41) is 3.47. The molecule has 0 aliphatic rings. The zero-order valence-corrected chi connectivity index (χ0v) is 15.2. The molecule has 0 spiro atoms. The van der Waals surface area contributed by atoms with E-state index >= 15 is 0 Å². The minimum Gasteiger partial charge on any atom is -0.349 e. The fourth-order valence-corrected chi connectivity index (χ4v) is 2.53. The third-order valence-corrected chi connectivity index (χ3v) is 4.16. The Morgan fingerprint density at radius 3 is 2.52 bits per heavy atom. The van der Waals surface area contributed by atoms with Crippen molar-refractivity contribution in [2.75, 3.05) is 0 Å². The van der Waals surface area contributed by atoms with E-state index in [1.807, 2.05) is 30.3 Å². The van der Waals surface area contributed by atoms with Crippen LogP contribution in [0.25, 0.3) is 0 Å². The van der Waals surface area contributed by atoms with E-state index in [2.05, 4.69) is 10.3 Å². The molecule has 2 amide bonds. The van der Waals surface area contributed by atoms with Crippen molar-refractivity contribution in [1.82, 2.24) is 15.2 Å². The maximum absolute atomic E-state index is 12.5. The normalized spacial score (nSPS) is 11.6. The van der Waals surface area contributed by atoms with Crippen molar-refractivity contribution in [3.05, 3.63) is 64.9 Å². The zero-order chi connectivity index (χ0) is 18.2. The second-order valence-electron chi connectivity index (χ2n) is 5.72. The van der Waals surface area contributed by atoms with Crippen LogP contribution in [0.1, 0.15) is 31.5 Å². The second kappa shape index (κ2) is 9.18. The lowest BCUT2D eigenvalue weighted by Crippen LogP contribution is -2.47. The molecule has 2 aromatic rings. The monoisotopic (exact) mass is 359 g/mol. The second-order valence-corrected chi connectivity index (χ2v) is 6.15. The van der Waals surface area contributed by atoms with Gasteiger partial charge in [-0.2, -0.15) is 0 Å². The Bertz CT molecular complexity index is 704. The van der Waals surface area contributed by atoms with Gasteiger partial charge in [0.15, 0.2) is 0 Å². The van der Waals surface area contributed by atoms with Gasteiger partial charge in [-0.25, -0.2) is 0 Å². The molecule has 25 heavy (non-hydrogen) atoms. The third-order valence-electron chi connectivity index (χ3n) is 3.91. The molecule has 1 atom stereocenters. The molecule has 0 aliphatic heterocycles. The van der Waals surface area contributed by atoms with Gasteiger partial charge in [-0.05, 0) is 36.8 Å². The molecule has 0 saturated carbocycles. The van der Waals surface area contributed by atoms with E-state index in [1.165, 1.54) is 0 Å². The van der Waals surface area contributed by atoms with Crippen LogP contribution in [0, 0.1) is 0 Å². The van der Waals surface area contributed by atoms with E-state index in [0.29, 0.717) is 24.5 Å². The Balaban J connectivity index is 2.03. The van der Waals surface area contributed by atoms with Gasteiger partial charge in [-0.1, -0.05) is 36.7 Å². The summed E-state index contributed by atoms with van der Waals surface area (Å²) in [6.07, 6.45) is 2.02. The van der Waals surface area contributed by atoms with Crippen LogP contribution < -0.4 is 5.32 Å².